The number of carbonyl (C=O) groups excluding carboxylic acids is 1. The summed E-state index contributed by atoms with van der Waals surface area (Å²) in [7, 11) is -4.31. The Hall–Kier alpha value is -2.79. The van der Waals surface area contributed by atoms with E-state index < -0.39 is 39.4 Å². The highest BCUT2D eigenvalue weighted by Crippen LogP contribution is 2.36. The van der Waals surface area contributed by atoms with Gasteiger partial charge in [0.15, 0.2) is 0 Å². The molecule has 0 aromatic heterocycles. The summed E-state index contributed by atoms with van der Waals surface area (Å²) >= 11 is 11.8. The molecular formula is C24H21Cl2F3N2O4S. The van der Waals surface area contributed by atoms with E-state index in [0.717, 1.165) is 12.1 Å². The van der Waals surface area contributed by atoms with E-state index in [4.69, 9.17) is 27.9 Å². The van der Waals surface area contributed by atoms with E-state index in [1.54, 1.807) is 37.3 Å². The van der Waals surface area contributed by atoms with Crippen molar-refractivity contribution in [1.82, 2.24) is 4.72 Å². The molecular weight excluding hydrogens is 540 g/mol. The molecule has 192 valence electrons. The van der Waals surface area contributed by atoms with Gasteiger partial charge in [0.05, 0.1) is 27.8 Å². The molecule has 1 amide bonds. The SMILES string of the molecule is CCOc1ccc(S(=O)(=O)N[C@@H](Cc2ccccc2)C(=O)Nc2ccc(Cl)cc2C(F)(F)F)cc1Cl. The molecule has 3 aromatic carbocycles. The molecule has 0 saturated carbocycles. The number of rotatable bonds is 9. The summed E-state index contributed by atoms with van der Waals surface area (Å²) in [4.78, 5) is 12.9. The highest BCUT2D eigenvalue weighted by molar-refractivity contribution is 7.89. The summed E-state index contributed by atoms with van der Waals surface area (Å²) in [6.07, 6.45) is -4.94. The lowest BCUT2D eigenvalue weighted by atomic mass is 10.1. The molecule has 0 aliphatic heterocycles. The number of ether oxygens (including phenoxy) is 1. The van der Waals surface area contributed by atoms with E-state index in [1.807, 2.05) is 0 Å². The van der Waals surface area contributed by atoms with Crippen molar-refractivity contribution in [2.24, 2.45) is 0 Å². The molecule has 0 spiro atoms. The second kappa shape index (κ2) is 11.5. The number of alkyl halides is 3. The largest absolute Gasteiger partial charge is 0.492 e. The fourth-order valence-corrected chi connectivity index (χ4v) is 4.99. The first kappa shape index (κ1) is 27.8. The van der Waals surface area contributed by atoms with Crippen LogP contribution in [0.25, 0.3) is 0 Å². The van der Waals surface area contributed by atoms with Crippen LogP contribution in [0.2, 0.25) is 10.0 Å². The van der Waals surface area contributed by atoms with Crippen molar-refractivity contribution in [2.45, 2.75) is 30.5 Å². The molecule has 0 fully saturated rings. The summed E-state index contributed by atoms with van der Waals surface area (Å²) < 4.78 is 74.3. The Bertz CT molecular complexity index is 1340. The summed E-state index contributed by atoms with van der Waals surface area (Å²) in [6, 6.07) is 13.6. The molecule has 0 unspecified atom stereocenters. The smallest absolute Gasteiger partial charge is 0.418 e. The van der Waals surface area contributed by atoms with Gasteiger partial charge >= 0.3 is 6.18 Å². The van der Waals surface area contributed by atoms with Crippen molar-refractivity contribution < 1.29 is 31.1 Å². The maximum Gasteiger partial charge on any atom is 0.418 e. The highest BCUT2D eigenvalue weighted by atomic mass is 35.5. The Morgan fingerprint density at radius 1 is 1.03 bits per heavy atom. The monoisotopic (exact) mass is 560 g/mol. The molecule has 0 heterocycles. The Balaban J connectivity index is 1.94. The van der Waals surface area contributed by atoms with Gasteiger partial charge in [0.1, 0.15) is 11.8 Å². The molecule has 6 nitrogen and oxygen atoms in total. The number of halogens is 5. The molecule has 2 N–H and O–H groups in total. The van der Waals surface area contributed by atoms with E-state index in [-0.39, 0.29) is 27.1 Å². The second-order valence-electron chi connectivity index (χ2n) is 7.57. The standard InChI is InChI=1S/C24H21Cl2F3N2O4S/c1-2-35-22-11-9-17(14-19(22)26)36(33,34)31-21(12-15-6-4-3-5-7-15)23(32)30-20-10-8-16(25)13-18(20)24(27,28)29/h3-11,13-14,21,31H,2,12H2,1H3,(H,30,32)/t21-/m0/s1. The molecule has 3 rings (SSSR count). The van der Waals surface area contributed by atoms with Crippen LogP contribution in [0.4, 0.5) is 18.9 Å². The van der Waals surface area contributed by atoms with Gasteiger partial charge in [0.2, 0.25) is 15.9 Å². The quantitative estimate of drug-likeness (QED) is 0.339. The number of hydrogen-bond acceptors (Lipinski definition) is 4. The van der Waals surface area contributed by atoms with Gasteiger partial charge in [-0.3, -0.25) is 4.79 Å². The van der Waals surface area contributed by atoms with Gasteiger partial charge in [0.25, 0.3) is 0 Å². The summed E-state index contributed by atoms with van der Waals surface area (Å²) in [5, 5.41) is 2.05. The minimum Gasteiger partial charge on any atom is -0.492 e. The summed E-state index contributed by atoms with van der Waals surface area (Å²) in [6.45, 7) is 2.05. The lowest BCUT2D eigenvalue weighted by molar-refractivity contribution is -0.137. The minimum atomic E-state index is -4.80. The topological polar surface area (TPSA) is 84.5 Å². The van der Waals surface area contributed by atoms with E-state index in [1.165, 1.54) is 18.2 Å². The van der Waals surface area contributed by atoms with Crippen LogP contribution in [0.5, 0.6) is 5.75 Å². The van der Waals surface area contributed by atoms with Crippen molar-refractivity contribution >= 4 is 44.8 Å². The van der Waals surface area contributed by atoms with Crippen LogP contribution in [0, 0.1) is 0 Å². The van der Waals surface area contributed by atoms with Crippen LogP contribution in [0.1, 0.15) is 18.1 Å². The van der Waals surface area contributed by atoms with E-state index in [2.05, 4.69) is 10.0 Å². The van der Waals surface area contributed by atoms with E-state index >= 15 is 0 Å². The average molecular weight is 561 g/mol. The fourth-order valence-electron chi connectivity index (χ4n) is 3.29. The zero-order chi connectivity index (χ0) is 26.5. The summed E-state index contributed by atoms with van der Waals surface area (Å²) in [5.74, 6) is -0.716. The van der Waals surface area contributed by atoms with Gasteiger partial charge in [0, 0.05) is 5.02 Å². The fraction of sp³-hybridized carbons (Fsp3) is 0.208. The number of sulfonamides is 1. The van der Waals surface area contributed by atoms with Crippen molar-refractivity contribution in [2.75, 3.05) is 11.9 Å². The molecule has 12 heteroatoms. The van der Waals surface area contributed by atoms with Crippen molar-refractivity contribution in [3.63, 3.8) is 0 Å². The number of benzene rings is 3. The molecule has 0 radical (unpaired) electrons. The third-order valence-corrected chi connectivity index (χ3v) is 6.95. The highest BCUT2D eigenvalue weighted by Gasteiger charge is 2.35. The Morgan fingerprint density at radius 2 is 1.72 bits per heavy atom. The predicted molar refractivity (Wildman–Crippen MR) is 132 cm³/mol. The Kier molecular flexibility index (Phi) is 8.89. The van der Waals surface area contributed by atoms with E-state index in [9.17, 15) is 26.4 Å². The second-order valence-corrected chi connectivity index (χ2v) is 10.1. The van der Waals surface area contributed by atoms with Gasteiger partial charge < -0.3 is 10.1 Å². The van der Waals surface area contributed by atoms with Gasteiger partial charge in [-0.05, 0) is 55.3 Å². The maximum absolute atomic E-state index is 13.5. The molecule has 0 aliphatic rings. The average Bonchev–Trinajstić information content (AvgIpc) is 2.81. The number of anilines is 1. The lowest BCUT2D eigenvalue weighted by Gasteiger charge is -2.21. The van der Waals surface area contributed by atoms with Crippen LogP contribution in [0.15, 0.2) is 71.6 Å². The number of amides is 1. The van der Waals surface area contributed by atoms with Crippen molar-refractivity contribution in [1.29, 1.82) is 0 Å². The molecule has 0 aliphatic carbocycles. The zero-order valence-electron chi connectivity index (χ0n) is 18.8. The van der Waals surface area contributed by atoms with Crippen molar-refractivity contribution in [3.8, 4) is 5.75 Å². The third-order valence-electron chi connectivity index (χ3n) is 4.95. The van der Waals surface area contributed by atoms with Gasteiger partial charge in [-0.15, -0.1) is 0 Å². The normalized spacial score (nSPS) is 12.7. The number of carbonyl (C=O) groups is 1. The predicted octanol–water partition coefficient (Wildman–Crippen LogP) is 5.94. The molecule has 3 aromatic rings. The van der Waals surface area contributed by atoms with Crippen LogP contribution >= 0.6 is 23.2 Å². The molecule has 1 atom stereocenters. The number of nitrogens with one attached hydrogen (secondary N) is 2. The molecule has 0 saturated heterocycles. The summed E-state index contributed by atoms with van der Waals surface area (Å²) in [5.41, 5.74) is -1.14. The van der Waals surface area contributed by atoms with Gasteiger partial charge in [-0.1, -0.05) is 53.5 Å². The number of hydrogen-bond donors (Lipinski definition) is 2. The molecule has 0 bridgehead atoms. The van der Waals surface area contributed by atoms with Crippen LogP contribution in [-0.4, -0.2) is 27.0 Å². The zero-order valence-corrected chi connectivity index (χ0v) is 21.1. The van der Waals surface area contributed by atoms with Crippen LogP contribution in [0.3, 0.4) is 0 Å². The van der Waals surface area contributed by atoms with Gasteiger partial charge in [-0.25, -0.2) is 8.42 Å². The Labute approximate surface area is 216 Å². The first-order chi connectivity index (χ1) is 16.9. The lowest BCUT2D eigenvalue weighted by Crippen LogP contribution is -2.45. The first-order valence-electron chi connectivity index (χ1n) is 10.6. The van der Waals surface area contributed by atoms with Crippen molar-refractivity contribution in [3.05, 3.63) is 87.9 Å². The first-order valence-corrected chi connectivity index (χ1v) is 12.8. The maximum atomic E-state index is 13.5. The van der Waals surface area contributed by atoms with E-state index in [0.29, 0.717) is 18.2 Å². The molecule has 36 heavy (non-hydrogen) atoms. The minimum absolute atomic E-state index is 0.0415. The Morgan fingerprint density at radius 3 is 2.33 bits per heavy atom. The third kappa shape index (κ3) is 7.13. The van der Waals surface area contributed by atoms with Crippen LogP contribution in [-0.2, 0) is 27.4 Å². The van der Waals surface area contributed by atoms with Gasteiger partial charge in [-0.2, -0.15) is 17.9 Å². The van der Waals surface area contributed by atoms with Crippen LogP contribution < -0.4 is 14.8 Å².